The van der Waals surface area contributed by atoms with E-state index in [1.54, 1.807) is 0 Å². The average Bonchev–Trinajstić information content (AvgIpc) is 3.96. The number of furan rings is 1. The van der Waals surface area contributed by atoms with Gasteiger partial charge in [0.05, 0.1) is 5.41 Å². The van der Waals surface area contributed by atoms with Gasteiger partial charge in [-0.3, -0.25) is 0 Å². The third-order valence-electron chi connectivity index (χ3n) is 14.2. The maximum absolute atomic E-state index is 6.55. The van der Waals surface area contributed by atoms with Crippen molar-refractivity contribution in [3.63, 3.8) is 0 Å². The highest BCUT2D eigenvalue weighted by Gasteiger charge is 2.46. The van der Waals surface area contributed by atoms with Gasteiger partial charge in [-0.1, -0.05) is 224 Å². The van der Waals surface area contributed by atoms with Crippen molar-refractivity contribution in [3.8, 4) is 55.6 Å². The van der Waals surface area contributed by atoms with Crippen molar-refractivity contribution in [2.75, 3.05) is 4.90 Å². The van der Waals surface area contributed by atoms with Crippen molar-refractivity contribution in [3.05, 3.63) is 295 Å². The second-order valence-corrected chi connectivity index (χ2v) is 18.0. The molecule has 12 aromatic rings. The van der Waals surface area contributed by atoms with Crippen LogP contribution in [0.5, 0.6) is 0 Å². The summed E-state index contributed by atoms with van der Waals surface area (Å²) in [7, 11) is 0. The number of rotatable bonds is 9. The van der Waals surface area contributed by atoms with E-state index in [0.717, 1.165) is 61.3 Å². The average molecular weight is 880 g/mol. The first-order valence-corrected chi connectivity index (χ1v) is 23.7. The molecule has 0 spiro atoms. The molecule has 1 heterocycles. The van der Waals surface area contributed by atoms with E-state index in [1.807, 2.05) is 0 Å². The SMILES string of the molecule is c1ccc(-c2ccc(-c3ccc(N(c4ccc(-c5ccc6oc7c(-c8ccccc8)cccc7c6c5)cc4)c4ccc5c(c4)C(c4ccccc4)(c4ccccc4)c4ccccc4-5)cc3)cc2)cc1. The van der Waals surface area contributed by atoms with E-state index in [0.29, 0.717) is 0 Å². The summed E-state index contributed by atoms with van der Waals surface area (Å²) in [5, 5.41) is 2.23. The molecule has 1 aromatic heterocycles. The van der Waals surface area contributed by atoms with Crippen molar-refractivity contribution in [1.29, 1.82) is 0 Å². The third kappa shape index (κ3) is 6.80. The van der Waals surface area contributed by atoms with Crippen molar-refractivity contribution >= 4 is 39.0 Å². The number of anilines is 3. The van der Waals surface area contributed by atoms with Crippen LogP contribution < -0.4 is 4.90 Å². The number of benzene rings is 11. The molecule has 0 N–H and O–H groups in total. The largest absolute Gasteiger partial charge is 0.455 e. The van der Waals surface area contributed by atoms with Crippen LogP contribution in [0.1, 0.15) is 22.3 Å². The second-order valence-electron chi connectivity index (χ2n) is 18.0. The van der Waals surface area contributed by atoms with Gasteiger partial charge in [0.2, 0.25) is 0 Å². The summed E-state index contributed by atoms with van der Waals surface area (Å²) in [5.74, 6) is 0. The lowest BCUT2D eigenvalue weighted by atomic mass is 9.67. The van der Waals surface area contributed by atoms with Crippen LogP contribution in [0.2, 0.25) is 0 Å². The zero-order valence-electron chi connectivity index (χ0n) is 37.8. The Kier molecular flexibility index (Phi) is 9.77. The first kappa shape index (κ1) is 40.3. The summed E-state index contributed by atoms with van der Waals surface area (Å²) in [6, 6.07) is 99.1. The number of fused-ring (bicyclic) bond motifs is 6. The Labute approximate surface area is 402 Å². The van der Waals surface area contributed by atoms with Crippen molar-refractivity contribution in [1.82, 2.24) is 0 Å². The molecule has 1 aliphatic rings. The molecule has 1 aliphatic carbocycles. The van der Waals surface area contributed by atoms with Crippen molar-refractivity contribution in [2.24, 2.45) is 0 Å². The molecular formula is C67H45NO. The van der Waals surface area contributed by atoms with Gasteiger partial charge in [0.15, 0.2) is 0 Å². The topological polar surface area (TPSA) is 16.4 Å². The molecule has 2 nitrogen and oxygen atoms in total. The van der Waals surface area contributed by atoms with Crippen LogP contribution in [0.15, 0.2) is 277 Å². The number of nitrogens with zero attached hydrogens (tertiary/aromatic N) is 1. The van der Waals surface area contributed by atoms with E-state index < -0.39 is 5.41 Å². The van der Waals surface area contributed by atoms with E-state index in [-0.39, 0.29) is 0 Å². The van der Waals surface area contributed by atoms with Crippen LogP contribution in [0.25, 0.3) is 77.6 Å². The molecular weight excluding hydrogens is 835 g/mol. The highest BCUT2D eigenvalue weighted by atomic mass is 16.3. The van der Waals surface area contributed by atoms with Gasteiger partial charge in [-0.25, -0.2) is 0 Å². The van der Waals surface area contributed by atoms with Crippen LogP contribution in [-0.2, 0) is 5.41 Å². The first-order valence-electron chi connectivity index (χ1n) is 23.7. The highest BCUT2D eigenvalue weighted by molar-refractivity contribution is 6.10. The molecule has 0 unspecified atom stereocenters. The lowest BCUT2D eigenvalue weighted by Gasteiger charge is -2.35. The quantitative estimate of drug-likeness (QED) is 0.144. The van der Waals surface area contributed by atoms with Crippen molar-refractivity contribution < 1.29 is 4.42 Å². The maximum Gasteiger partial charge on any atom is 0.143 e. The monoisotopic (exact) mass is 879 g/mol. The molecule has 2 heteroatoms. The zero-order valence-corrected chi connectivity index (χ0v) is 37.8. The Morgan fingerprint density at radius 3 is 1.33 bits per heavy atom. The summed E-state index contributed by atoms with van der Waals surface area (Å²) in [4.78, 5) is 2.41. The minimum Gasteiger partial charge on any atom is -0.455 e. The molecule has 0 amide bonds. The van der Waals surface area contributed by atoms with E-state index in [1.165, 1.54) is 55.6 Å². The van der Waals surface area contributed by atoms with Crippen LogP contribution in [0.3, 0.4) is 0 Å². The third-order valence-corrected chi connectivity index (χ3v) is 14.2. The Balaban J connectivity index is 0.935. The summed E-state index contributed by atoms with van der Waals surface area (Å²) >= 11 is 0. The lowest BCUT2D eigenvalue weighted by Crippen LogP contribution is -2.28. The number of hydrogen-bond donors (Lipinski definition) is 0. The number of para-hydroxylation sites is 1. The molecule has 11 aromatic carbocycles. The Hall–Kier alpha value is -8.98. The fourth-order valence-corrected chi connectivity index (χ4v) is 10.9. The van der Waals surface area contributed by atoms with Gasteiger partial charge >= 0.3 is 0 Å². The van der Waals surface area contributed by atoms with Gasteiger partial charge in [-0.15, -0.1) is 0 Å². The van der Waals surface area contributed by atoms with Crippen LogP contribution >= 0.6 is 0 Å². The summed E-state index contributed by atoms with van der Waals surface area (Å²) < 4.78 is 6.55. The smallest absolute Gasteiger partial charge is 0.143 e. The van der Waals surface area contributed by atoms with Gasteiger partial charge in [-0.2, -0.15) is 0 Å². The maximum atomic E-state index is 6.55. The fraction of sp³-hybridized carbons (Fsp3) is 0.0149. The lowest BCUT2D eigenvalue weighted by molar-refractivity contribution is 0.670. The summed E-state index contributed by atoms with van der Waals surface area (Å²) in [6.07, 6.45) is 0. The van der Waals surface area contributed by atoms with Gasteiger partial charge in [-0.05, 0) is 121 Å². The molecule has 0 aliphatic heterocycles. The van der Waals surface area contributed by atoms with E-state index in [4.69, 9.17) is 4.42 Å². The van der Waals surface area contributed by atoms with E-state index in [2.05, 4.69) is 278 Å². The van der Waals surface area contributed by atoms with Crippen LogP contribution in [0.4, 0.5) is 17.1 Å². The molecule has 324 valence electrons. The molecule has 0 bridgehead atoms. The van der Waals surface area contributed by atoms with Gasteiger partial charge in [0.25, 0.3) is 0 Å². The Bertz CT molecular complexity index is 3740. The van der Waals surface area contributed by atoms with E-state index >= 15 is 0 Å². The predicted octanol–water partition coefficient (Wildman–Crippen LogP) is 18.1. The normalized spacial score (nSPS) is 12.5. The molecule has 0 saturated heterocycles. The Morgan fingerprint density at radius 2 is 0.725 bits per heavy atom. The van der Waals surface area contributed by atoms with Crippen LogP contribution in [0, 0.1) is 0 Å². The molecule has 0 radical (unpaired) electrons. The Morgan fingerprint density at radius 1 is 0.275 bits per heavy atom. The molecule has 0 fully saturated rings. The first-order chi connectivity index (χ1) is 34.2. The minimum atomic E-state index is -0.520. The second kappa shape index (κ2) is 16.7. The molecule has 69 heavy (non-hydrogen) atoms. The highest BCUT2D eigenvalue weighted by Crippen LogP contribution is 2.57. The van der Waals surface area contributed by atoms with Gasteiger partial charge < -0.3 is 9.32 Å². The van der Waals surface area contributed by atoms with Crippen molar-refractivity contribution in [2.45, 2.75) is 5.41 Å². The predicted molar refractivity (Wildman–Crippen MR) is 287 cm³/mol. The zero-order chi connectivity index (χ0) is 45.7. The number of hydrogen-bond acceptors (Lipinski definition) is 2. The minimum absolute atomic E-state index is 0.520. The molecule has 0 saturated carbocycles. The van der Waals surface area contributed by atoms with E-state index in [9.17, 15) is 0 Å². The summed E-state index contributed by atoms with van der Waals surface area (Å²) in [5.41, 5.74) is 21.4. The van der Waals surface area contributed by atoms with Crippen LogP contribution in [-0.4, -0.2) is 0 Å². The van der Waals surface area contributed by atoms with Gasteiger partial charge in [0, 0.05) is 33.4 Å². The molecule has 13 rings (SSSR count). The standard InChI is InChI=1S/C67H45NO/c1-5-16-46(17-6-1)47-28-30-48(31-29-47)49-32-37-55(38-33-49)68(56-39-34-50(35-40-56)52-36-43-65-62(44-52)61-26-15-25-58(66(61)69-65)51-18-7-2-8-19-51)57-41-42-60-59-24-13-14-27-63(59)67(64(60)45-57,53-20-9-3-10-21-53)54-22-11-4-12-23-54/h1-45H. The summed E-state index contributed by atoms with van der Waals surface area (Å²) in [6.45, 7) is 0. The molecule has 0 atom stereocenters. The fourth-order valence-electron chi connectivity index (χ4n) is 10.9. The van der Waals surface area contributed by atoms with Gasteiger partial charge in [0.1, 0.15) is 11.2 Å².